The number of carbonyl (C=O) groups excluding carboxylic acids is 1. The summed E-state index contributed by atoms with van der Waals surface area (Å²) in [6.45, 7) is 6.23. The molecule has 1 N–H and O–H groups in total. The molecular formula is C13H18N2O. The molecule has 2 rings (SSSR count). The predicted octanol–water partition coefficient (Wildman–Crippen LogP) is 2.59. The van der Waals surface area contributed by atoms with E-state index in [0.29, 0.717) is 5.92 Å². The summed E-state index contributed by atoms with van der Waals surface area (Å²) in [5.74, 6) is 0.620. The molecule has 0 spiro atoms. The highest BCUT2D eigenvalue weighted by Crippen LogP contribution is 2.33. The summed E-state index contributed by atoms with van der Waals surface area (Å²) in [4.78, 5) is 13.5. The average molecular weight is 218 g/mol. The summed E-state index contributed by atoms with van der Waals surface area (Å²) in [7, 11) is 1.83. The molecule has 1 aromatic rings. The van der Waals surface area contributed by atoms with Gasteiger partial charge in [0.2, 0.25) is 5.91 Å². The largest absolute Gasteiger partial charge is 0.372 e. The summed E-state index contributed by atoms with van der Waals surface area (Å²) in [6, 6.07) is 6.10. The normalized spacial score (nSPS) is 19.7. The fourth-order valence-corrected chi connectivity index (χ4v) is 2.03. The highest BCUT2D eigenvalue weighted by molar-refractivity contribution is 6.04. The third-order valence-electron chi connectivity index (χ3n) is 3.12. The number of anilines is 2. The molecule has 0 aromatic heterocycles. The number of amides is 1. The molecule has 1 amide bonds. The van der Waals surface area contributed by atoms with Gasteiger partial charge in [-0.3, -0.25) is 4.79 Å². The Balaban J connectivity index is 2.45. The fraction of sp³-hybridized carbons (Fsp3) is 0.462. The molecule has 0 saturated carbocycles. The number of hydrogen-bond donors (Lipinski definition) is 1. The van der Waals surface area contributed by atoms with Crippen LogP contribution >= 0.6 is 0 Å². The maximum Gasteiger partial charge on any atom is 0.248 e. The number of likely N-dealkylation sites (N-methyl/N-ethyl adjacent to an activating group) is 1. The van der Waals surface area contributed by atoms with Gasteiger partial charge in [-0.2, -0.15) is 0 Å². The summed E-state index contributed by atoms with van der Waals surface area (Å²) in [6.07, 6.45) is 0. The Bertz CT molecular complexity index is 426. The SMILES string of the molecule is CC1Nc2cc(C(C)C)ccc2N(C)C1=O. The summed E-state index contributed by atoms with van der Waals surface area (Å²) < 4.78 is 0. The zero-order chi connectivity index (χ0) is 11.9. The van der Waals surface area contributed by atoms with Crippen molar-refractivity contribution in [2.24, 2.45) is 0 Å². The first-order chi connectivity index (χ1) is 7.50. The molecule has 1 atom stereocenters. The monoisotopic (exact) mass is 218 g/mol. The van der Waals surface area contributed by atoms with Crippen molar-refractivity contribution in [3.63, 3.8) is 0 Å². The lowest BCUT2D eigenvalue weighted by atomic mass is 10.00. The third-order valence-corrected chi connectivity index (χ3v) is 3.12. The molecule has 1 aliphatic rings. The molecule has 1 heterocycles. The Morgan fingerprint density at radius 3 is 2.69 bits per heavy atom. The third kappa shape index (κ3) is 1.66. The van der Waals surface area contributed by atoms with Gasteiger partial charge in [-0.05, 0) is 30.5 Å². The molecular weight excluding hydrogens is 200 g/mol. The minimum atomic E-state index is -0.139. The Morgan fingerprint density at radius 2 is 2.06 bits per heavy atom. The average Bonchev–Trinajstić information content (AvgIpc) is 2.25. The topological polar surface area (TPSA) is 32.3 Å². The van der Waals surface area contributed by atoms with Gasteiger partial charge in [0.1, 0.15) is 6.04 Å². The molecule has 1 aromatic carbocycles. The van der Waals surface area contributed by atoms with E-state index in [4.69, 9.17) is 0 Å². The Kier molecular flexibility index (Phi) is 2.62. The molecule has 3 heteroatoms. The van der Waals surface area contributed by atoms with Gasteiger partial charge in [0.25, 0.3) is 0 Å². The molecule has 0 radical (unpaired) electrons. The van der Waals surface area contributed by atoms with Crippen LogP contribution in [-0.4, -0.2) is 19.0 Å². The summed E-state index contributed by atoms with van der Waals surface area (Å²) in [5, 5.41) is 3.24. The maximum atomic E-state index is 11.8. The van der Waals surface area contributed by atoms with Crippen LogP contribution in [-0.2, 0) is 4.79 Å². The van der Waals surface area contributed by atoms with Crippen molar-refractivity contribution in [1.82, 2.24) is 0 Å². The highest BCUT2D eigenvalue weighted by atomic mass is 16.2. The smallest absolute Gasteiger partial charge is 0.248 e. The Morgan fingerprint density at radius 1 is 1.38 bits per heavy atom. The molecule has 0 aliphatic carbocycles. The zero-order valence-corrected chi connectivity index (χ0v) is 10.2. The molecule has 1 unspecified atom stereocenters. The van der Waals surface area contributed by atoms with E-state index in [-0.39, 0.29) is 11.9 Å². The van der Waals surface area contributed by atoms with Crippen molar-refractivity contribution in [1.29, 1.82) is 0 Å². The van der Waals surface area contributed by atoms with Crippen LogP contribution < -0.4 is 10.2 Å². The van der Waals surface area contributed by atoms with Crippen LogP contribution in [0.4, 0.5) is 11.4 Å². The Labute approximate surface area is 96.5 Å². The van der Waals surface area contributed by atoms with Crippen molar-refractivity contribution >= 4 is 17.3 Å². The minimum Gasteiger partial charge on any atom is -0.372 e. The van der Waals surface area contributed by atoms with Crippen molar-refractivity contribution in [2.75, 3.05) is 17.3 Å². The highest BCUT2D eigenvalue weighted by Gasteiger charge is 2.26. The van der Waals surface area contributed by atoms with Gasteiger partial charge < -0.3 is 10.2 Å². The molecule has 0 fully saturated rings. The fourth-order valence-electron chi connectivity index (χ4n) is 2.03. The van der Waals surface area contributed by atoms with Crippen LogP contribution in [0.15, 0.2) is 18.2 Å². The second-order valence-electron chi connectivity index (χ2n) is 4.69. The van der Waals surface area contributed by atoms with E-state index in [1.54, 1.807) is 4.90 Å². The number of nitrogens with one attached hydrogen (secondary N) is 1. The lowest BCUT2D eigenvalue weighted by Gasteiger charge is -2.31. The first-order valence-electron chi connectivity index (χ1n) is 5.68. The van der Waals surface area contributed by atoms with Crippen LogP contribution in [0.5, 0.6) is 0 Å². The van der Waals surface area contributed by atoms with Gasteiger partial charge in [-0.25, -0.2) is 0 Å². The predicted molar refractivity (Wildman–Crippen MR) is 67.0 cm³/mol. The number of benzene rings is 1. The number of carbonyl (C=O) groups is 1. The summed E-state index contributed by atoms with van der Waals surface area (Å²) in [5.41, 5.74) is 3.31. The maximum absolute atomic E-state index is 11.8. The van der Waals surface area contributed by atoms with E-state index in [1.807, 2.05) is 20.0 Å². The number of nitrogens with zero attached hydrogens (tertiary/aromatic N) is 1. The molecule has 1 aliphatic heterocycles. The van der Waals surface area contributed by atoms with E-state index in [1.165, 1.54) is 5.56 Å². The van der Waals surface area contributed by atoms with Gasteiger partial charge in [0.15, 0.2) is 0 Å². The zero-order valence-electron chi connectivity index (χ0n) is 10.2. The lowest BCUT2D eigenvalue weighted by Crippen LogP contribution is -2.43. The van der Waals surface area contributed by atoms with E-state index in [0.717, 1.165) is 11.4 Å². The van der Waals surface area contributed by atoms with Gasteiger partial charge in [-0.15, -0.1) is 0 Å². The van der Waals surface area contributed by atoms with Crippen molar-refractivity contribution in [2.45, 2.75) is 32.7 Å². The number of rotatable bonds is 1. The molecule has 16 heavy (non-hydrogen) atoms. The van der Waals surface area contributed by atoms with E-state index in [2.05, 4.69) is 31.3 Å². The van der Waals surface area contributed by atoms with Gasteiger partial charge in [0, 0.05) is 7.05 Å². The Hall–Kier alpha value is -1.51. The first kappa shape index (κ1) is 11.0. The molecule has 0 bridgehead atoms. The van der Waals surface area contributed by atoms with Gasteiger partial charge in [0.05, 0.1) is 11.4 Å². The standard InChI is InChI=1S/C13H18N2O/c1-8(2)10-5-6-12-11(7-10)14-9(3)13(16)15(12)4/h5-9,14H,1-4H3. The van der Waals surface area contributed by atoms with Crippen LogP contribution in [0, 0.1) is 0 Å². The second kappa shape index (κ2) is 3.81. The van der Waals surface area contributed by atoms with Crippen molar-refractivity contribution in [3.05, 3.63) is 23.8 Å². The second-order valence-corrected chi connectivity index (χ2v) is 4.69. The van der Waals surface area contributed by atoms with Crippen LogP contribution in [0.1, 0.15) is 32.3 Å². The molecule has 0 saturated heterocycles. The quantitative estimate of drug-likeness (QED) is 0.785. The van der Waals surface area contributed by atoms with E-state index < -0.39 is 0 Å². The van der Waals surface area contributed by atoms with Gasteiger partial charge in [-0.1, -0.05) is 19.9 Å². The first-order valence-corrected chi connectivity index (χ1v) is 5.68. The van der Waals surface area contributed by atoms with E-state index in [9.17, 15) is 4.79 Å². The van der Waals surface area contributed by atoms with Crippen molar-refractivity contribution < 1.29 is 4.79 Å². The lowest BCUT2D eigenvalue weighted by molar-refractivity contribution is -0.118. The molecule has 3 nitrogen and oxygen atoms in total. The van der Waals surface area contributed by atoms with Crippen LogP contribution in [0.2, 0.25) is 0 Å². The molecule has 86 valence electrons. The number of fused-ring (bicyclic) bond motifs is 1. The van der Waals surface area contributed by atoms with Crippen molar-refractivity contribution in [3.8, 4) is 0 Å². The summed E-state index contributed by atoms with van der Waals surface area (Å²) >= 11 is 0. The number of hydrogen-bond acceptors (Lipinski definition) is 2. The minimum absolute atomic E-state index is 0.116. The van der Waals surface area contributed by atoms with Crippen LogP contribution in [0.25, 0.3) is 0 Å². The van der Waals surface area contributed by atoms with Crippen LogP contribution in [0.3, 0.4) is 0 Å². The van der Waals surface area contributed by atoms with E-state index >= 15 is 0 Å². The van der Waals surface area contributed by atoms with Gasteiger partial charge >= 0.3 is 0 Å².